The number of rotatable bonds is 3. The van der Waals surface area contributed by atoms with Crippen molar-refractivity contribution in [2.75, 3.05) is 5.32 Å². The first-order chi connectivity index (χ1) is 9.63. The van der Waals surface area contributed by atoms with Crippen LogP contribution in [-0.4, -0.2) is 11.0 Å². The summed E-state index contributed by atoms with van der Waals surface area (Å²) in [5.74, 6) is 0.690. The zero-order chi connectivity index (χ0) is 14.1. The summed E-state index contributed by atoms with van der Waals surface area (Å²) in [5, 5.41) is 4.13. The van der Waals surface area contributed by atoms with Gasteiger partial charge in [-0.2, -0.15) is 0 Å². The Morgan fingerprint density at radius 1 is 1.15 bits per heavy atom. The van der Waals surface area contributed by atoms with E-state index in [0.717, 1.165) is 11.3 Å². The molecule has 0 atom stereocenters. The maximum absolute atomic E-state index is 5.95. The molecule has 20 heavy (non-hydrogen) atoms. The van der Waals surface area contributed by atoms with E-state index in [4.69, 9.17) is 11.6 Å². The molecule has 0 aliphatic heterocycles. The number of hydrogen-bond donors (Lipinski definition) is 1. The van der Waals surface area contributed by atoms with Gasteiger partial charge >= 0.3 is 0 Å². The quantitative estimate of drug-likeness (QED) is 0.827. The number of anilines is 1. The number of halogens is 1. The minimum atomic E-state index is 0.544. The van der Waals surface area contributed by atoms with Crippen molar-refractivity contribution in [3.05, 3.63) is 58.4 Å². The van der Waals surface area contributed by atoms with Gasteiger partial charge in [0.1, 0.15) is 5.15 Å². The highest BCUT2D eigenvalue weighted by atomic mass is 35.5. The van der Waals surface area contributed by atoms with E-state index < -0.39 is 0 Å². The van der Waals surface area contributed by atoms with Crippen molar-refractivity contribution in [2.24, 2.45) is 0 Å². The smallest absolute Gasteiger partial charge is 0.132 e. The number of aryl methyl sites for hydroxylation is 2. The molecule has 0 saturated heterocycles. The largest absolute Gasteiger partial charge is 0.381 e. The number of nitrogens with zero attached hydrogens (tertiary/aromatic N) is 1. The second kappa shape index (κ2) is 5.45. The molecule has 3 rings (SSSR count). The lowest BCUT2D eigenvalue weighted by molar-refractivity contribution is 0.373. The van der Waals surface area contributed by atoms with Gasteiger partial charge in [-0.3, -0.25) is 0 Å². The fraction of sp³-hybridized carbons (Fsp3) is 0.353. The van der Waals surface area contributed by atoms with Gasteiger partial charge < -0.3 is 5.32 Å². The topological polar surface area (TPSA) is 24.9 Å². The molecule has 2 nitrogen and oxygen atoms in total. The molecule has 0 amide bonds. The predicted octanol–water partition coefficient (Wildman–Crippen LogP) is 4.71. The molecule has 1 N–H and O–H groups in total. The molecule has 1 aliphatic rings. The SMILES string of the molecule is Cc1ccccc1C1CC(Nc2cnc(Cl)c(C)c2)C1. The van der Waals surface area contributed by atoms with Crippen molar-refractivity contribution in [3.8, 4) is 0 Å². The second-order valence-corrected chi connectivity index (χ2v) is 6.06. The first-order valence-corrected chi connectivity index (χ1v) is 7.45. The molecule has 0 unspecified atom stereocenters. The van der Waals surface area contributed by atoms with E-state index in [1.165, 1.54) is 24.0 Å². The summed E-state index contributed by atoms with van der Waals surface area (Å²) >= 11 is 5.95. The van der Waals surface area contributed by atoms with E-state index in [1.54, 1.807) is 0 Å². The number of pyridine rings is 1. The van der Waals surface area contributed by atoms with Gasteiger partial charge in [0, 0.05) is 6.04 Å². The maximum atomic E-state index is 5.95. The normalized spacial score (nSPS) is 21.4. The first-order valence-electron chi connectivity index (χ1n) is 7.07. The number of hydrogen-bond acceptors (Lipinski definition) is 2. The van der Waals surface area contributed by atoms with Crippen molar-refractivity contribution >= 4 is 17.3 Å². The van der Waals surface area contributed by atoms with Gasteiger partial charge in [0.05, 0.1) is 11.9 Å². The minimum Gasteiger partial charge on any atom is -0.381 e. The molecule has 3 heteroatoms. The molecular weight excluding hydrogens is 268 g/mol. The Hall–Kier alpha value is -1.54. The number of nitrogens with one attached hydrogen (secondary N) is 1. The third-order valence-corrected chi connectivity index (χ3v) is 4.55. The molecular formula is C17H19ClN2. The van der Waals surface area contributed by atoms with E-state index >= 15 is 0 Å². The van der Waals surface area contributed by atoms with Gasteiger partial charge in [0.15, 0.2) is 0 Å². The lowest BCUT2D eigenvalue weighted by Gasteiger charge is -2.37. The van der Waals surface area contributed by atoms with Crippen molar-refractivity contribution in [1.29, 1.82) is 0 Å². The number of benzene rings is 1. The molecule has 0 bridgehead atoms. The summed E-state index contributed by atoms with van der Waals surface area (Å²) in [6.45, 7) is 4.18. The van der Waals surface area contributed by atoms with Crippen LogP contribution in [0.1, 0.15) is 35.4 Å². The fourth-order valence-electron chi connectivity index (χ4n) is 2.91. The molecule has 1 aliphatic carbocycles. The predicted molar refractivity (Wildman–Crippen MR) is 84.5 cm³/mol. The van der Waals surface area contributed by atoms with Gasteiger partial charge in [-0.15, -0.1) is 0 Å². The molecule has 1 aromatic carbocycles. The van der Waals surface area contributed by atoms with Crippen LogP contribution in [0.2, 0.25) is 5.15 Å². The molecule has 1 fully saturated rings. The molecule has 2 aromatic rings. The third kappa shape index (κ3) is 2.66. The molecule has 0 radical (unpaired) electrons. The van der Waals surface area contributed by atoms with Gasteiger partial charge in [-0.25, -0.2) is 4.98 Å². The summed E-state index contributed by atoms with van der Waals surface area (Å²) in [6, 6.07) is 11.3. The van der Waals surface area contributed by atoms with E-state index in [1.807, 2.05) is 13.1 Å². The van der Waals surface area contributed by atoms with Crippen LogP contribution in [0.15, 0.2) is 36.5 Å². The van der Waals surface area contributed by atoms with E-state index in [-0.39, 0.29) is 0 Å². The van der Waals surface area contributed by atoms with Crippen molar-refractivity contribution < 1.29 is 0 Å². The van der Waals surface area contributed by atoms with Crippen LogP contribution >= 0.6 is 11.6 Å². The number of aromatic nitrogens is 1. The van der Waals surface area contributed by atoms with Gasteiger partial charge in [-0.1, -0.05) is 35.9 Å². The van der Waals surface area contributed by atoms with Gasteiger partial charge in [0.25, 0.3) is 0 Å². The summed E-state index contributed by atoms with van der Waals surface area (Å²) in [4.78, 5) is 4.18. The molecule has 1 saturated carbocycles. The average Bonchev–Trinajstić information content (AvgIpc) is 2.39. The van der Waals surface area contributed by atoms with Crippen molar-refractivity contribution in [1.82, 2.24) is 4.98 Å². The Morgan fingerprint density at radius 2 is 1.90 bits per heavy atom. The van der Waals surface area contributed by atoms with E-state index in [2.05, 4.69) is 47.6 Å². The first kappa shape index (κ1) is 13.4. The lowest BCUT2D eigenvalue weighted by atomic mass is 9.74. The summed E-state index contributed by atoms with van der Waals surface area (Å²) in [6.07, 6.45) is 4.19. The van der Waals surface area contributed by atoms with Crippen LogP contribution < -0.4 is 5.32 Å². The molecule has 104 valence electrons. The van der Waals surface area contributed by atoms with Crippen LogP contribution in [0, 0.1) is 13.8 Å². The average molecular weight is 287 g/mol. The minimum absolute atomic E-state index is 0.544. The van der Waals surface area contributed by atoms with Crippen molar-refractivity contribution in [2.45, 2.75) is 38.6 Å². The van der Waals surface area contributed by atoms with Crippen molar-refractivity contribution in [3.63, 3.8) is 0 Å². The monoisotopic (exact) mass is 286 g/mol. The van der Waals surface area contributed by atoms with Crippen LogP contribution in [0.5, 0.6) is 0 Å². The van der Waals surface area contributed by atoms with E-state index in [0.29, 0.717) is 17.1 Å². The standard InChI is InChI=1S/C17H19ClN2/c1-11-5-3-4-6-16(11)13-8-14(9-13)20-15-7-12(2)17(18)19-10-15/h3-7,10,13-14,20H,8-9H2,1-2H3. The summed E-state index contributed by atoms with van der Waals surface area (Å²) in [7, 11) is 0. The highest BCUT2D eigenvalue weighted by Gasteiger charge is 2.30. The van der Waals surface area contributed by atoms with Gasteiger partial charge in [-0.05, 0) is 55.4 Å². The summed E-state index contributed by atoms with van der Waals surface area (Å²) < 4.78 is 0. The fourth-order valence-corrected chi connectivity index (χ4v) is 3.01. The molecule has 0 spiro atoms. The van der Waals surface area contributed by atoms with E-state index in [9.17, 15) is 0 Å². The maximum Gasteiger partial charge on any atom is 0.132 e. The third-order valence-electron chi connectivity index (χ3n) is 4.15. The van der Waals surface area contributed by atoms with Crippen LogP contribution in [-0.2, 0) is 0 Å². The van der Waals surface area contributed by atoms with Crippen LogP contribution in [0.3, 0.4) is 0 Å². The highest BCUT2D eigenvalue weighted by molar-refractivity contribution is 6.30. The van der Waals surface area contributed by atoms with Crippen LogP contribution in [0.4, 0.5) is 5.69 Å². The van der Waals surface area contributed by atoms with Gasteiger partial charge in [0.2, 0.25) is 0 Å². The lowest BCUT2D eigenvalue weighted by Crippen LogP contribution is -2.34. The van der Waals surface area contributed by atoms with Crippen LogP contribution in [0.25, 0.3) is 0 Å². The zero-order valence-electron chi connectivity index (χ0n) is 11.9. The Balaban J connectivity index is 1.61. The Bertz CT molecular complexity index is 618. The summed E-state index contributed by atoms with van der Waals surface area (Å²) in [5.41, 5.74) is 4.99. The Morgan fingerprint density at radius 3 is 2.60 bits per heavy atom. The molecule has 1 aromatic heterocycles. The Labute approximate surface area is 125 Å². The molecule has 1 heterocycles. The Kier molecular flexibility index (Phi) is 3.66. The second-order valence-electron chi connectivity index (χ2n) is 5.70. The highest BCUT2D eigenvalue weighted by Crippen LogP contribution is 2.39. The zero-order valence-corrected chi connectivity index (χ0v) is 12.6.